The van der Waals surface area contributed by atoms with Gasteiger partial charge < -0.3 is 24.4 Å². The molecule has 1 atom stereocenters. The molecule has 2 amide bonds. The summed E-state index contributed by atoms with van der Waals surface area (Å²) in [6.07, 6.45) is 0.283. The summed E-state index contributed by atoms with van der Waals surface area (Å²) < 4.78 is 59.5. The molecule has 0 radical (unpaired) electrons. The molecule has 1 aliphatic rings. The van der Waals surface area contributed by atoms with Gasteiger partial charge in [0.05, 0.1) is 17.7 Å². The number of benzene rings is 3. The number of sulfonamides is 1. The van der Waals surface area contributed by atoms with Gasteiger partial charge in [-0.3, -0.25) is 13.9 Å². The number of carbonyl (C=O) groups is 2. The first-order valence-electron chi connectivity index (χ1n) is 14.4. The number of fused-ring (bicyclic) bond motifs is 1. The number of ether oxygens (including phenoxy) is 3. The first-order valence-corrected chi connectivity index (χ1v) is 15.9. The van der Waals surface area contributed by atoms with E-state index in [1.807, 2.05) is 13.8 Å². The zero-order chi connectivity index (χ0) is 31.9. The third kappa shape index (κ3) is 7.79. The first-order chi connectivity index (χ1) is 21.0. The number of halogens is 1. The molecule has 0 saturated heterocycles. The molecule has 12 heteroatoms. The fourth-order valence-electron chi connectivity index (χ4n) is 4.76. The number of rotatable bonds is 13. The molecule has 0 bridgehead atoms. The Kier molecular flexibility index (Phi) is 10.7. The Morgan fingerprint density at radius 2 is 1.70 bits per heavy atom. The molecule has 0 fully saturated rings. The van der Waals surface area contributed by atoms with Gasteiger partial charge in [-0.15, -0.1) is 0 Å². The zero-order valence-corrected chi connectivity index (χ0v) is 26.1. The zero-order valence-electron chi connectivity index (χ0n) is 25.3. The molecule has 3 aromatic carbocycles. The van der Waals surface area contributed by atoms with Crippen molar-refractivity contribution in [2.24, 2.45) is 5.92 Å². The van der Waals surface area contributed by atoms with Gasteiger partial charge in [0.25, 0.3) is 10.0 Å². The highest BCUT2D eigenvalue weighted by Gasteiger charge is 2.34. The lowest BCUT2D eigenvalue weighted by molar-refractivity contribution is -0.140. The molecule has 1 heterocycles. The molecule has 3 aromatic rings. The quantitative estimate of drug-likeness (QED) is 0.299. The molecule has 1 aliphatic heterocycles. The van der Waals surface area contributed by atoms with Crippen molar-refractivity contribution in [3.63, 3.8) is 0 Å². The second kappa shape index (κ2) is 14.4. The minimum absolute atomic E-state index is 0.0188. The molecule has 10 nitrogen and oxygen atoms in total. The number of carbonyl (C=O) groups excluding carboxylic acids is 2. The lowest BCUT2D eigenvalue weighted by Gasteiger charge is -2.33. The van der Waals surface area contributed by atoms with E-state index >= 15 is 0 Å². The van der Waals surface area contributed by atoms with Crippen molar-refractivity contribution in [3.8, 4) is 17.2 Å². The number of methoxy groups -OCH3 is 1. The molecule has 0 aromatic heterocycles. The van der Waals surface area contributed by atoms with E-state index < -0.39 is 34.3 Å². The van der Waals surface area contributed by atoms with E-state index in [4.69, 9.17) is 14.2 Å². The average Bonchev–Trinajstić information content (AvgIpc) is 3.02. The van der Waals surface area contributed by atoms with Crippen molar-refractivity contribution >= 4 is 27.5 Å². The van der Waals surface area contributed by atoms with Crippen LogP contribution in [0.15, 0.2) is 71.6 Å². The summed E-state index contributed by atoms with van der Waals surface area (Å²) >= 11 is 0. The summed E-state index contributed by atoms with van der Waals surface area (Å²) in [4.78, 5) is 28.8. The maximum absolute atomic E-state index is 14.2. The summed E-state index contributed by atoms with van der Waals surface area (Å²) in [7, 11) is -2.85. The van der Waals surface area contributed by atoms with E-state index in [-0.39, 0.29) is 47.7 Å². The molecule has 1 N–H and O–H groups in total. The van der Waals surface area contributed by atoms with Gasteiger partial charge >= 0.3 is 0 Å². The third-order valence-electron chi connectivity index (χ3n) is 7.05. The first kappa shape index (κ1) is 32.6. The molecule has 0 saturated carbocycles. The van der Waals surface area contributed by atoms with E-state index in [0.717, 1.165) is 16.4 Å². The van der Waals surface area contributed by atoms with Crippen LogP contribution in [-0.4, -0.2) is 64.6 Å². The Morgan fingerprint density at radius 1 is 1.00 bits per heavy atom. The van der Waals surface area contributed by atoms with Gasteiger partial charge in [0.2, 0.25) is 11.8 Å². The molecule has 0 spiro atoms. The van der Waals surface area contributed by atoms with Crippen molar-refractivity contribution in [3.05, 3.63) is 78.1 Å². The normalized spacial score (nSPS) is 13.2. The van der Waals surface area contributed by atoms with Crippen molar-refractivity contribution in [2.45, 2.75) is 44.7 Å². The predicted octanol–water partition coefficient (Wildman–Crippen LogP) is 4.38. The minimum Gasteiger partial charge on any atom is -0.497 e. The van der Waals surface area contributed by atoms with E-state index in [1.165, 1.54) is 42.3 Å². The van der Waals surface area contributed by atoms with E-state index in [1.54, 1.807) is 31.2 Å². The van der Waals surface area contributed by atoms with Crippen LogP contribution >= 0.6 is 0 Å². The second-order valence-electron chi connectivity index (χ2n) is 10.7. The highest BCUT2D eigenvalue weighted by molar-refractivity contribution is 7.92. The summed E-state index contributed by atoms with van der Waals surface area (Å²) in [5.74, 6) is -0.113. The molecule has 44 heavy (non-hydrogen) atoms. The lowest BCUT2D eigenvalue weighted by Crippen LogP contribution is -2.52. The van der Waals surface area contributed by atoms with Crippen LogP contribution in [0.1, 0.15) is 32.8 Å². The van der Waals surface area contributed by atoms with Crippen LogP contribution < -0.4 is 23.8 Å². The van der Waals surface area contributed by atoms with Crippen molar-refractivity contribution < 1.29 is 36.6 Å². The largest absolute Gasteiger partial charge is 0.497 e. The Morgan fingerprint density at radius 3 is 2.36 bits per heavy atom. The van der Waals surface area contributed by atoms with Gasteiger partial charge in [-0.2, -0.15) is 0 Å². The maximum Gasteiger partial charge on any atom is 0.264 e. The van der Waals surface area contributed by atoms with Crippen LogP contribution in [0, 0.1) is 11.7 Å². The van der Waals surface area contributed by atoms with E-state index in [9.17, 15) is 22.4 Å². The Balaban J connectivity index is 1.74. The highest BCUT2D eigenvalue weighted by Crippen LogP contribution is 2.34. The summed E-state index contributed by atoms with van der Waals surface area (Å²) in [5.41, 5.74) is 0.768. The van der Waals surface area contributed by atoms with Crippen LogP contribution in [0.4, 0.5) is 10.1 Å². The number of hydrogen-bond acceptors (Lipinski definition) is 7. The van der Waals surface area contributed by atoms with Gasteiger partial charge in [0, 0.05) is 19.2 Å². The smallest absolute Gasteiger partial charge is 0.264 e. The molecule has 236 valence electrons. The maximum atomic E-state index is 14.2. The fraction of sp³-hybridized carbons (Fsp3) is 0.375. The summed E-state index contributed by atoms with van der Waals surface area (Å²) in [6.45, 7) is 6.08. The molecule has 1 unspecified atom stereocenters. The van der Waals surface area contributed by atoms with Gasteiger partial charge in [-0.05, 0) is 66.4 Å². The summed E-state index contributed by atoms with van der Waals surface area (Å²) in [6, 6.07) is 15.2. The van der Waals surface area contributed by atoms with E-state index in [0.29, 0.717) is 30.2 Å². The van der Waals surface area contributed by atoms with Gasteiger partial charge in [-0.25, -0.2) is 12.8 Å². The van der Waals surface area contributed by atoms with Crippen LogP contribution in [0.5, 0.6) is 17.2 Å². The predicted molar refractivity (Wildman–Crippen MR) is 164 cm³/mol. The van der Waals surface area contributed by atoms with E-state index in [2.05, 4.69) is 5.32 Å². The number of nitrogens with zero attached hydrogens (tertiary/aromatic N) is 2. The van der Waals surface area contributed by atoms with Gasteiger partial charge in [0.15, 0.2) is 11.5 Å². The minimum atomic E-state index is -4.38. The van der Waals surface area contributed by atoms with Gasteiger partial charge in [-0.1, -0.05) is 32.9 Å². The Labute approximate surface area is 257 Å². The molecular weight excluding hydrogens is 589 g/mol. The average molecular weight is 628 g/mol. The van der Waals surface area contributed by atoms with Crippen LogP contribution in [0.25, 0.3) is 0 Å². The van der Waals surface area contributed by atoms with Crippen molar-refractivity contribution in [1.82, 2.24) is 10.2 Å². The number of nitrogens with one attached hydrogen (secondary N) is 1. The Bertz CT molecular complexity index is 1560. The second-order valence-corrected chi connectivity index (χ2v) is 12.6. The molecule has 0 aliphatic carbocycles. The lowest BCUT2D eigenvalue weighted by atomic mass is 10.1. The SMILES string of the molecule is CCC(C(=O)NCC(C)C)N(Cc1cccc(OC)c1)C(=O)CN(c1ccc(F)cc1)S(=O)(=O)c1ccc2c(c1)OCCO2. The van der Waals surface area contributed by atoms with Crippen LogP contribution in [0.2, 0.25) is 0 Å². The van der Waals surface area contributed by atoms with Crippen molar-refractivity contribution in [1.29, 1.82) is 0 Å². The highest BCUT2D eigenvalue weighted by atomic mass is 32.2. The summed E-state index contributed by atoms with van der Waals surface area (Å²) in [5, 5.41) is 2.90. The van der Waals surface area contributed by atoms with Crippen molar-refractivity contribution in [2.75, 3.05) is 37.7 Å². The van der Waals surface area contributed by atoms with Crippen LogP contribution in [-0.2, 0) is 26.2 Å². The van der Waals surface area contributed by atoms with Crippen LogP contribution in [0.3, 0.4) is 0 Å². The Hall–Kier alpha value is -4.32. The number of anilines is 1. The molecule has 4 rings (SSSR count). The molecular formula is C32H38FN3O7S. The number of amides is 2. The van der Waals surface area contributed by atoms with Gasteiger partial charge in [0.1, 0.15) is 37.4 Å². The number of hydrogen-bond donors (Lipinski definition) is 1. The fourth-order valence-corrected chi connectivity index (χ4v) is 6.19. The third-order valence-corrected chi connectivity index (χ3v) is 8.82. The standard InChI is InChI=1S/C32H38FN3O7S/c1-5-28(32(38)34-19-22(2)3)35(20-23-7-6-8-26(17-23)41-4)31(37)21-36(25-11-9-24(33)10-12-25)44(39,40)27-13-14-29-30(18-27)43-16-15-42-29/h6-14,17-18,22,28H,5,15-16,19-21H2,1-4H3,(H,34,38). The monoisotopic (exact) mass is 627 g/mol. The topological polar surface area (TPSA) is 114 Å².